The van der Waals surface area contributed by atoms with Crippen LogP contribution in [0.15, 0.2) is 54.6 Å². The van der Waals surface area contributed by atoms with E-state index in [9.17, 15) is 4.39 Å². The highest BCUT2D eigenvalue weighted by atomic mass is 19.1. The van der Waals surface area contributed by atoms with Gasteiger partial charge in [-0.2, -0.15) is 0 Å². The molecule has 0 bridgehead atoms. The molecule has 6 rings (SSSR count). The zero-order valence-corrected chi connectivity index (χ0v) is 21.6. The van der Waals surface area contributed by atoms with Gasteiger partial charge in [0.2, 0.25) is 0 Å². The second-order valence-corrected chi connectivity index (χ2v) is 9.99. The lowest BCUT2D eigenvalue weighted by Crippen LogP contribution is -2.43. The van der Waals surface area contributed by atoms with Gasteiger partial charge in [0.1, 0.15) is 11.6 Å². The number of rotatable bonds is 7. The quantitative estimate of drug-likeness (QED) is 0.285. The molecule has 0 saturated heterocycles. The Kier molecular flexibility index (Phi) is 6.29. The van der Waals surface area contributed by atoms with Gasteiger partial charge in [0.05, 0.1) is 26.9 Å². The third kappa shape index (κ3) is 4.13. The number of nitrogens with zero attached hydrogens (tertiary/aromatic N) is 1. The van der Waals surface area contributed by atoms with Crippen LogP contribution in [-0.2, 0) is 12.8 Å². The Morgan fingerprint density at radius 3 is 2.59 bits per heavy atom. The van der Waals surface area contributed by atoms with Crippen LogP contribution in [0.25, 0.3) is 10.9 Å². The Bertz CT molecular complexity index is 1430. The Labute approximate surface area is 217 Å². The zero-order chi connectivity index (χ0) is 25.5. The minimum Gasteiger partial charge on any atom is -0.497 e. The number of methoxy groups -OCH3 is 2. The lowest BCUT2D eigenvalue weighted by molar-refractivity contribution is 0.127. The first-order valence-electron chi connectivity index (χ1n) is 13.1. The van der Waals surface area contributed by atoms with E-state index in [4.69, 9.17) is 14.2 Å². The highest BCUT2D eigenvalue weighted by Gasteiger charge is 2.41. The molecule has 1 aromatic heterocycles. The SMILES string of the molecule is CCCCOc1cc2c(cc1OC)CCN1C2Cc2c([nH]c3ccc(OC)cc23)C1c1ccc(F)cc1. The van der Waals surface area contributed by atoms with Crippen molar-refractivity contribution < 1.29 is 18.6 Å². The summed E-state index contributed by atoms with van der Waals surface area (Å²) in [5.41, 5.74) is 7.25. The molecule has 1 N–H and O–H groups in total. The second kappa shape index (κ2) is 9.75. The van der Waals surface area contributed by atoms with Gasteiger partial charge in [-0.25, -0.2) is 4.39 Å². The Morgan fingerprint density at radius 1 is 1.00 bits per heavy atom. The van der Waals surface area contributed by atoms with E-state index in [1.54, 1.807) is 26.4 Å². The number of benzene rings is 3. The Balaban J connectivity index is 1.50. The molecule has 37 heavy (non-hydrogen) atoms. The topological polar surface area (TPSA) is 46.7 Å². The van der Waals surface area contributed by atoms with Crippen LogP contribution in [0, 0.1) is 5.82 Å². The number of H-pyrrole nitrogens is 1. The maximum Gasteiger partial charge on any atom is 0.161 e. The van der Waals surface area contributed by atoms with Crippen LogP contribution in [0.5, 0.6) is 17.2 Å². The minimum atomic E-state index is -0.220. The molecule has 2 unspecified atom stereocenters. The summed E-state index contributed by atoms with van der Waals surface area (Å²) in [6, 6.07) is 17.7. The van der Waals surface area contributed by atoms with Crippen molar-refractivity contribution in [1.82, 2.24) is 9.88 Å². The first kappa shape index (κ1) is 23.9. The molecule has 0 radical (unpaired) electrons. The van der Waals surface area contributed by atoms with E-state index >= 15 is 0 Å². The molecule has 0 fully saturated rings. The summed E-state index contributed by atoms with van der Waals surface area (Å²) in [7, 11) is 3.41. The molecule has 2 atom stereocenters. The summed E-state index contributed by atoms with van der Waals surface area (Å²) in [5.74, 6) is 2.23. The fourth-order valence-electron chi connectivity index (χ4n) is 6.05. The van der Waals surface area contributed by atoms with Crippen molar-refractivity contribution in [3.8, 4) is 17.2 Å². The third-order valence-electron chi connectivity index (χ3n) is 7.91. The van der Waals surface area contributed by atoms with Gasteiger partial charge in [-0.05, 0) is 84.0 Å². The fraction of sp³-hybridized carbons (Fsp3) is 0.355. The predicted octanol–water partition coefficient (Wildman–Crippen LogP) is 6.75. The summed E-state index contributed by atoms with van der Waals surface area (Å²) in [5, 5.41) is 1.18. The van der Waals surface area contributed by atoms with Crippen molar-refractivity contribution in [2.75, 3.05) is 27.4 Å². The summed E-state index contributed by atoms with van der Waals surface area (Å²) in [4.78, 5) is 6.28. The molecule has 3 heterocycles. The van der Waals surface area contributed by atoms with Crippen LogP contribution in [0.3, 0.4) is 0 Å². The summed E-state index contributed by atoms with van der Waals surface area (Å²) < 4.78 is 31.4. The van der Waals surface area contributed by atoms with E-state index < -0.39 is 0 Å². The third-order valence-corrected chi connectivity index (χ3v) is 7.91. The lowest BCUT2D eigenvalue weighted by Gasteiger charge is -2.46. The minimum absolute atomic E-state index is 0.00698. The van der Waals surface area contributed by atoms with Crippen molar-refractivity contribution >= 4 is 10.9 Å². The molecule has 4 aromatic rings. The molecule has 0 amide bonds. The van der Waals surface area contributed by atoms with Gasteiger partial charge in [0.15, 0.2) is 11.5 Å². The van der Waals surface area contributed by atoms with Crippen LogP contribution in [0.1, 0.15) is 59.8 Å². The van der Waals surface area contributed by atoms with Gasteiger partial charge >= 0.3 is 0 Å². The van der Waals surface area contributed by atoms with Gasteiger partial charge in [-0.1, -0.05) is 25.5 Å². The molecule has 0 saturated carbocycles. The standard InChI is InChI=1S/C31H33FN2O3/c1-4-5-14-37-29-18-23-20(15-28(29)36-3)12-13-34-27(23)17-25-24-16-22(35-2)10-11-26(24)33-30(25)31(34)19-6-8-21(32)9-7-19/h6-11,15-16,18,27,31,33H,4-5,12-14,17H2,1-3H3. The van der Waals surface area contributed by atoms with E-state index in [0.29, 0.717) is 6.61 Å². The van der Waals surface area contributed by atoms with E-state index in [-0.39, 0.29) is 17.9 Å². The molecule has 5 nitrogen and oxygen atoms in total. The summed E-state index contributed by atoms with van der Waals surface area (Å²) in [6.07, 6.45) is 3.87. The molecule has 0 spiro atoms. The first-order valence-corrected chi connectivity index (χ1v) is 13.1. The van der Waals surface area contributed by atoms with Gasteiger partial charge in [-0.15, -0.1) is 0 Å². The van der Waals surface area contributed by atoms with Crippen molar-refractivity contribution in [2.45, 2.75) is 44.7 Å². The molecule has 192 valence electrons. The van der Waals surface area contributed by atoms with E-state index in [2.05, 4.69) is 41.1 Å². The molecule has 2 aliphatic heterocycles. The van der Waals surface area contributed by atoms with Crippen molar-refractivity contribution in [1.29, 1.82) is 0 Å². The van der Waals surface area contributed by atoms with E-state index in [0.717, 1.165) is 60.6 Å². The first-order chi connectivity index (χ1) is 18.1. The Hall–Kier alpha value is -3.51. The van der Waals surface area contributed by atoms with Crippen LogP contribution in [-0.4, -0.2) is 37.3 Å². The monoisotopic (exact) mass is 500 g/mol. The van der Waals surface area contributed by atoms with Crippen LogP contribution < -0.4 is 14.2 Å². The molecular weight excluding hydrogens is 467 g/mol. The number of hydrogen-bond acceptors (Lipinski definition) is 4. The van der Waals surface area contributed by atoms with Crippen molar-refractivity contribution in [2.24, 2.45) is 0 Å². The normalized spacial score (nSPS) is 18.7. The number of halogens is 1. The number of nitrogens with one attached hydrogen (secondary N) is 1. The number of ether oxygens (including phenoxy) is 3. The smallest absolute Gasteiger partial charge is 0.161 e. The van der Waals surface area contributed by atoms with Crippen LogP contribution in [0.4, 0.5) is 4.39 Å². The number of aromatic amines is 1. The summed E-state index contributed by atoms with van der Waals surface area (Å²) in [6.45, 7) is 3.73. The van der Waals surface area contributed by atoms with Crippen molar-refractivity contribution in [3.05, 3.63) is 88.4 Å². The lowest BCUT2D eigenvalue weighted by atomic mass is 9.80. The average Bonchev–Trinajstić information content (AvgIpc) is 3.29. The predicted molar refractivity (Wildman–Crippen MR) is 143 cm³/mol. The Morgan fingerprint density at radius 2 is 1.84 bits per heavy atom. The largest absolute Gasteiger partial charge is 0.497 e. The summed E-state index contributed by atoms with van der Waals surface area (Å²) >= 11 is 0. The van der Waals surface area contributed by atoms with Gasteiger partial charge in [0, 0.05) is 29.2 Å². The highest BCUT2D eigenvalue weighted by molar-refractivity contribution is 5.87. The second-order valence-electron chi connectivity index (χ2n) is 9.99. The molecule has 3 aromatic carbocycles. The van der Waals surface area contributed by atoms with E-state index in [1.807, 2.05) is 18.2 Å². The molecule has 0 aliphatic carbocycles. The van der Waals surface area contributed by atoms with Crippen LogP contribution >= 0.6 is 0 Å². The number of hydrogen-bond donors (Lipinski definition) is 1. The van der Waals surface area contributed by atoms with E-state index in [1.165, 1.54) is 27.8 Å². The van der Waals surface area contributed by atoms with Crippen LogP contribution in [0.2, 0.25) is 0 Å². The number of fused-ring (bicyclic) bond motifs is 6. The molecule has 2 aliphatic rings. The average molecular weight is 501 g/mol. The van der Waals surface area contributed by atoms with Crippen molar-refractivity contribution in [3.63, 3.8) is 0 Å². The van der Waals surface area contributed by atoms with Gasteiger partial charge < -0.3 is 19.2 Å². The number of aromatic nitrogens is 1. The van der Waals surface area contributed by atoms with Gasteiger partial charge in [-0.3, -0.25) is 4.90 Å². The number of unbranched alkanes of at least 4 members (excludes halogenated alkanes) is 1. The fourth-order valence-corrected chi connectivity index (χ4v) is 6.05. The molecular formula is C31H33FN2O3. The zero-order valence-electron chi connectivity index (χ0n) is 21.6. The highest BCUT2D eigenvalue weighted by Crippen LogP contribution is 2.50. The molecule has 6 heteroatoms. The maximum absolute atomic E-state index is 13.9. The maximum atomic E-state index is 13.9. The van der Waals surface area contributed by atoms with Gasteiger partial charge in [0.25, 0.3) is 0 Å².